The highest BCUT2D eigenvalue weighted by Crippen LogP contribution is 2.31. The molecule has 0 spiro atoms. The molecule has 7 nitrogen and oxygen atoms in total. The van der Waals surface area contributed by atoms with E-state index in [1.54, 1.807) is 63.2 Å². The first-order valence-electron chi connectivity index (χ1n) is 8.28. The molecule has 0 radical (unpaired) electrons. The number of nitrogens with zero attached hydrogens (tertiary/aromatic N) is 3. The Morgan fingerprint density at radius 2 is 1.56 bits per heavy atom. The second-order valence-electron chi connectivity index (χ2n) is 5.99. The second-order valence-corrected chi connectivity index (χ2v) is 5.99. The molecule has 1 aromatic heterocycles. The van der Waals surface area contributed by atoms with Crippen LogP contribution in [0.1, 0.15) is 0 Å². The van der Waals surface area contributed by atoms with E-state index in [9.17, 15) is 9.90 Å². The summed E-state index contributed by atoms with van der Waals surface area (Å²) in [7, 11) is 6.51. The van der Waals surface area contributed by atoms with Crippen LogP contribution < -0.4 is 20.7 Å². The van der Waals surface area contributed by atoms with Crippen LogP contribution in [0, 0.1) is 0 Å². The Morgan fingerprint density at radius 1 is 0.889 bits per heavy atom. The van der Waals surface area contributed by atoms with E-state index in [1.165, 1.54) is 4.57 Å². The number of ether oxygens (including phenoxy) is 2. The summed E-state index contributed by atoms with van der Waals surface area (Å²) in [4.78, 5) is 17.2. The number of hydrogen-bond acceptors (Lipinski definition) is 5. The maximum Gasteiger partial charge on any atom is 0.329 e. The molecular weight excluding hydrogens is 346 g/mol. The van der Waals surface area contributed by atoms with Gasteiger partial charge in [-0.3, -0.25) is 9.13 Å². The Balaban J connectivity index is 2.22. The number of aromatic hydroxyl groups is 1. The summed E-state index contributed by atoms with van der Waals surface area (Å²) in [6.45, 7) is 0. The molecule has 140 valence electrons. The van der Waals surface area contributed by atoms with Gasteiger partial charge in [-0.25, -0.2) is 9.79 Å². The molecule has 0 aliphatic rings. The molecule has 0 saturated carbocycles. The van der Waals surface area contributed by atoms with Crippen molar-refractivity contribution in [1.29, 1.82) is 0 Å². The summed E-state index contributed by atoms with van der Waals surface area (Å²) < 4.78 is 13.7. The van der Waals surface area contributed by atoms with Crippen molar-refractivity contribution in [3.8, 4) is 28.5 Å². The van der Waals surface area contributed by atoms with E-state index in [0.717, 1.165) is 5.56 Å². The fourth-order valence-corrected chi connectivity index (χ4v) is 2.78. The number of phenols is 1. The van der Waals surface area contributed by atoms with Crippen molar-refractivity contribution >= 4 is 5.69 Å². The first-order chi connectivity index (χ1) is 12.9. The molecule has 0 amide bonds. The second kappa shape index (κ2) is 7.41. The molecule has 0 aliphatic carbocycles. The van der Waals surface area contributed by atoms with Crippen LogP contribution in [-0.2, 0) is 14.1 Å². The molecule has 0 aliphatic heterocycles. The number of hydrogen-bond donors (Lipinski definition) is 1. The van der Waals surface area contributed by atoms with Crippen LogP contribution in [0.25, 0.3) is 11.3 Å². The van der Waals surface area contributed by atoms with E-state index >= 15 is 0 Å². The molecule has 0 bridgehead atoms. The molecule has 1 N–H and O–H groups in total. The summed E-state index contributed by atoms with van der Waals surface area (Å²) in [5, 5.41) is 9.42. The van der Waals surface area contributed by atoms with Gasteiger partial charge in [-0.15, -0.1) is 0 Å². The number of phenolic OH excluding ortho intramolecular Hbond substituents is 1. The van der Waals surface area contributed by atoms with Crippen LogP contribution in [0.4, 0.5) is 5.69 Å². The average molecular weight is 367 g/mol. The SMILES string of the molecule is COc1ccc(-c2cc(=Nc3ccc(O)cc3)n(C)c(=O)n2C)cc1OC. The van der Waals surface area contributed by atoms with E-state index < -0.39 is 0 Å². The zero-order valence-electron chi connectivity index (χ0n) is 15.6. The van der Waals surface area contributed by atoms with Crippen LogP contribution in [0.2, 0.25) is 0 Å². The number of methoxy groups -OCH3 is 2. The normalized spacial score (nSPS) is 11.5. The van der Waals surface area contributed by atoms with Crippen molar-refractivity contribution in [1.82, 2.24) is 9.13 Å². The summed E-state index contributed by atoms with van der Waals surface area (Å²) in [6, 6.07) is 13.8. The van der Waals surface area contributed by atoms with Gasteiger partial charge in [0.1, 0.15) is 11.2 Å². The Kier molecular flexibility index (Phi) is 5.03. The van der Waals surface area contributed by atoms with Gasteiger partial charge in [0.05, 0.1) is 25.6 Å². The predicted octanol–water partition coefficient (Wildman–Crippen LogP) is 2.35. The van der Waals surface area contributed by atoms with Crippen LogP contribution >= 0.6 is 0 Å². The lowest BCUT2D eigenvalue weighted by Crippen LogP contribution is -2.37. The third-order valence-electron chi connectivity index (χ3n) is 4.32. The summed E-state index contributed by atoms with van der Waals surface area (Å²) >= 11 is 0. The molecule has 0 unspecified atom stereocenters. The van der Waals surface area contributed by atoms with E-state index in [-0.39, 0.29) is 11.4 Å². The smallest absolute Gasteiger partial charge is 0.329 e. The van der Waals surface area contributed by atoms with Gasteiger partial charge >= 0.3 is 5.69 Å². The molecule has 1 heterocycles. The third kappa shape index (κ3) is 3.57. The number of benzene rings is 2. The van der Waals surface area contributed by atoms with Crippen LogP contribution in [0.3, 0.4) is 0 Å². The van der Waals surface area contributed by atoms with Gasteiger partial charge in [-0.2, -0.15) is 0 Å². The standard InChI is InChI=1S/C20H21N3O4/c1-22-16(13-5-10-17(26-3)18(11-13)27-4)12-19(23(2)20(22)25)21-14-6-8-15(24)9-7-14/h5-12,24H,1-4H3. The molecule has 0 saturated heterocycles. The van der Waals surface area contributed by atoms with Gasteiger partial charge in [0.2, 0.25) is 0 Å². The van der Waals surface area contributed by atoms with Gasteiger partial charge in [0, 0.05) is 25.7 Å². The Labute approximate surface area is 156 Å². The lowest BCUT2D eigenvalue weighted by atomic mass is 10.1. The number of aromatic nitrogens is 2. The molecule has 7 heteroatoms. The minimum atomic E-state index is -0.209. The highest BCUT2D eigenvalue weighted by Gasteiger charge is 2.11. The van der Waals surface area contributed by atoms with Crippen LogP contribution in [0.5, 0.6) is 17.2 Å². The molecule has 2 aromatic carbocycles. The molecule has 0 atom stereocenters. The van der Waals surface area contributed by atoms with Gasteiger partial charge in [0.25, 0.3) is 0 Å². The van der Waals surface area contributed by atoms with Crippen molar-refractivity contribution in [2.24, 2.45) is 19.1 Å². The number of rotatable bonds is 4. The Hall–Kier alpha value is -3.48. The van der Waals surface area contributed by atoms with Crippen LogP contribution in [-0.4, -0.2) is 28.5 Å². The van der Waals surface area contributed by atoms with Crippen LogP contribution in [0.15, 0.2) is 58.3 Å². The minimum Gasteiger partial charge on any atom is -0.508 e. The largest absolute Gasteiger partial charge is 0.508 e. The van der Waals surface area contributed by atoms with Gasteiger partial charge in [-0.05, 0) is 42.5 Å². The highest BCUT2D eigenvalue weighted by atomic mass is 16.5. The van der Waals surface area contributed by atoms with Gasteiger partial charge < -0.3 is 14.6 Å². The van der Waals surface area contributed by atoms with Crippen molar-refractivity contribution in [3.05, 3.63) is 64.5 Å². The minimum absolute atomic E-state index is 0.160. The monoisotopic (exact) mass is 367 g/mol. The topological polar surface area (TPSA) is 78.0 Å². The van der Waals surface area contributed by atoms with E-state index in [0.29, 0.717) is 28.4 Å². The van der Waals surface area contributed by atoms with E-state index in [2.05, 4.69) is 4.99 Å². The Bertz CT molecular complexity index is 1100. The lowest BCUT2D eigenvalue weighted by Gasteiger charge is -2.13. The summed E-state index contributed by atoms with van der Waals surface area (Å²) in [5.41, 5.74) is 2.41. The van der Waals surface area contributed by atoms with Crippen molar-refractivity contribution in [2.75, 3.05) is 14.2 Å². The molecular formula is C20H21N3O4. The highest BCUT2D eigenvalue weighted by molar-refractivity contribution is 5.64. The molecule has 3 aromatic rings. The first kappa shape index (κ1) is 18.3. The quantitative estimate of drug-likeness (QED) is 0.768. The Morgan fingerprint density at radius 3 is 2.19 bits per heavy atom. The molecule has 3 rings (SSSR count). The predicted molar refractivity (Wildman–Crippen MR) is 103 cm³/mol. The lowest BCUT2D eigenvalue weighted by molar-refractivity contribution is 0.355. The maximum atomic E-state index is 12.7. The van der Waals surface area contributed by atoms with Crippen molar-refractivity contribution in [2.45, 2.75) is 0 Å². The van der Waals surface area contributed by atoms with E-state index in [1.807, 2.05) is 18.2 Å². The summed E-state index contributed by atoms with van der Waals surface area (Å²) in [6.07, 6.45) is 0. The zero-order chi connectivity index (χ0) is 19.6. The fraction of sp³-hybridized carbons (Fsp3) is 0.200. The van der Waals surface area contributed by atoms with Crippen molar-refractivity contribution < 1.29 is 14.6 Å². The van der Waals surface area contributed by atoms with E-state index in [4.69, 9.17) is 9.47 Å². The molecule has 0 fully saturated rings. The fourth-order valence-electron chi connectivity index (χ4n) is 2.78. The first-order valence-corrected chi connectivity index (χ1v) is 8.28. The summed E-state index contributed by atoms with van der Waals surface area (Å²) in [5.74, 6) is 1.35. The van der Waals surface area contributed by atoms with Gasteiger partial charge in [0.15, 0.2) is 11.5 Å². The average Bonchev–Trinajstić information content (AvgIpc) is 2.69. The van der Waals surface area contributed by atoms with Crippen molar-refractivity contribution in [3.63, 3.8) is 0 Å². The zero-order valence-corrected chi connectivity index (χ0v) is 15.6. The maximum absolute atomic E-state index is 12.7. The molecule has 27 heavy (non-hydrogen) atoms. The third-order valence-corrected chi connectivity index (χ3v) is 4.32. The van der Waals surface area contributed by atoms with Gasteiger partial charge in [-0.1, -0.05) is 0 Å².